The highest BCUT2D eigenvalue weighted by molar-refractivity contribution is 9.10. The maximum atomic E-state index is 9.65. The monoisotopic (exact) mass is 309 g/mol. The van der Waals surface area contributed by atoms with Crippen molar-refractivity contribution in [1.82, 2.24) is 0 Å². The van der Waals surface area contributed by atoms with Gasteiger partial charge in [-0.05, 0) is 49.3 Å². The summed E-state index contributed by atoms with van der Waals surface area (Å²) in [5, 5.41) is 9.65. The van der Waals surface area contributed by atoms with Gasteiger partial charge in [0.15, 0.2) is 0 Å². The van der Waals surface area contributed by atoms with Crippen molar-refractivity contribution in [3.63, 3.8) is 0 Å². The van der Waals surface area contributed by atoms with Crippen molar-refractivity contribution in [3.8, 4) is 0 Å². The first-order valence-electron chi connectivity index (χ1n) is 6.87. The second-order valence-electron chi connectivity index (χ2n) is 5.74. The van der Waals surface area contributed by atoms with E-state index >= 15 is 0 Å². The Morgan fingerprint density at radius 3 is 2.50 bits per heavy atom. The van der Waals surface area contributed by atoms with E-state index in [0.29, 0.717) is 0 Å². The molecule has 1 heterocycles. The SMILES string of the molecule is C[C@@H](O)c1ccc(N2CC3CCCC3C2)cc1Br. The third-order valence-corrected chi connectivity index (χ3v) is 5.21. The van der Waals surface area contributed by atoms with E-state index in [4.69, 9.17) is 0 Å². The molecular weight excluding hydrogens is 290 g/mol. The van der Waals surface area contributed by atoms with Gasteiger partial charge in [0.1, 0.15) is 0 Å². The van der Waals surface area contributed by atoms with E-state index in [1.165, 1.54) is 38.0 Å². The van der Waals surface area contributed by atoms with Gasteiger partial charge in [0, 0.05) is 23.2 Å². The minimum atomic E-state index is -0.411. The number of hydrogen-bond acceptors (Lipinski definition) is 2. The second-order valence-corrected chi connectivity index (χ2v) is 6.59. The molecule has 1 saturated heterocycles. The molecule has 3 atom stereocenters. The Morgan fingerprint density at radius 2 is 1.94 bits per heavy atom. The van der Waals surface area contributed by atoms with Crippen molar-refractivity contribution in [2.75, 3.05) is 18.0 Å². The van der Waals surface area contributed by atoms with Crippen LogP contribution in [0.4, 0.5) is 5.69 Å². The topological polar surface area (TPSA) is 23.5 Å². The van der Waals surface area contributed by atoms with Gasteiger partial charge in [-0.1, -0.05) is 28.4 Å². The van der Waals surface area contributed by atoms with E-state index in [2.05, 4.69) is 33.0 Å². The Bertz CT molecular complexity index is 434. The standard InChI is InChI=1S/C15H20BrNO/c1-10(18)14-6-5-13(7-15(14)16)17-8-11-3-2-4-12(11)9-17/h5-7,10-12,18H,2-4,8-9H2,1H3/t10-,11?,12?/m1/s1. The van der Waals surface area contributed by atoms with Crippen LogP contribution in [0.15, 0.2) is 22.7 Å². The number of rotatable bonds is 2. The van der Waals surface area contributed by atoms with Gasteiger partial charge in [-0.15, -0.1) is 0 Å². The zero-order chi connectivity index (χ0) is 12.7. The molecule has 2 nitrogen and oxygen atoms in total. The predicted octanol–water partition coefficient (Wildman–Crippen LogP) is 3.74. The van der Waals surface area contributed by atoms with Crippen molar-refractivity contribution in [1.29, 1.82) is 0 Å². The number of fused-ring (bicyclic) bond motifs is 1. The first-order valence-corrected chi connectivity index (χ1v) is 7.67. The number of nitrogens with zero attached hydrogens (tertiary/aromatic N) is 1. The van der Waals surface area contributed by atoms with Gasteiger partial charge in [-0.3, -0.25) is 0 Å². The van der Waals surface area contributed by atoms with Gasteiger partial charge in [0.05, 0.1) is 6.10 Å². The third kappa shape index (κ3) is 2.19. The lowest BCUT2D eigenvalue weighted by Gasteiger charge is -2.21. The fourth-order valence-corrected chi connectivity index (χ4v) is 4.20. The quantitative estimate of drug-likeness (QED) is 0.899. The Hall–Kier alpha value is -0.540. The van der Waals surface area contributed by atoms with E-state index < -0.39 is 6.10 Å². The summed E-state index contributed by atoms with van der Waals surface area (Å²) in [5.74, 6) is 1.83. The van der Waals surface area contributed by atoms with Crippen molar-refractivity contribution in [2.45, 2.75) is 32.3 Å². The molecule has 0 aromatic heterocycles. The van der Waals surface area contributed by atoms with Crippen LogP contribution < -0.4 is 4.90 Å². The molecule has 0 radical (unpaired) electrons. The summed E-state index contributed by atoms with van der Waals surface area (Å²) in [4.78, 5) is 2.51. The van der Waals surface area contributed by atoms with Gasteiger partial charge in [0.25, 0.3) is 0 Å². The maximum absolute atomic E-state index is 9.65. The summed E-state index contributed by atoms with van der Waals surface area (Å²) in [5.41, 5.74) is 2.26. The molecule has 1 aromatic rings. The molecule has 1 N–H and O–H groups in total. The normalized spacial score (nSPS) is 28.5. The maximum Gasteiger partial charge on any atom is 0.0772 e. The van der Waals surface area contributed by atoms with Gasteiger partial charge in [-0.25, -0.2) is 0 Å². The Kier molecular flexibility index (Phi) is 3.37. The summed E-state index contributed by atoms with van der Waals surface area (Å²) >= 11 is 3.57. The van der Waals surface area contributed by atoms with E-state index in [-0.39, 0.29) is 0 Å². The largest absolute Gasteiger partial charge is 0.389 e. The lowest BCUT2D eigenvalue weighted by atomic mass is 10.0. The van der Waals surface area contributed by atoms with Crippen LogP contribution in [0.2, 0.25) is 0 Å². The van der Waals surface area contributed by atoms with Gasteiger partial charge < -0.3 is 10.0 Å². The zero-order valence-corrected chi connectivity index (χ0v) is 12.4. The van der Waals surface area contributed by atoms with Crippen LogP contribution in [0.25, 0.3) is 0 Å². The Labute approximate surface area is 117 Å². The minimum absolute atomic E-state index is 0.411. The highest BCUT2D eigenvalue weighted by Crippen LogP contribution is 2.40. The summed E-state index contributed by atoms with van der Waals surface area (Å²) in [6, 6.07) is 6.34. The molecule has 2 fully saturated rings. The zero-order valence-electron chi connectivity index (χ0n) is 10.8. The number of aliphatic hydroxyl groups is 1. The summed E-state index contributed by atoms with van der Waals surface area (Å²) in [7, 11) is 0. The highest BCUT2D eigenvalue weighted by Gasteiger charge is 2.36. The highest BCUT2D eigenvalue weighted by atomic mass is 79.9. The molecule has 0 amide bonds. The van der Waals surface area contributed by atoms with Crippen LogP contribution in [0, 0.1) is 11.8 Å². The van der Waals surface area contributed by atoms with E-state index in [0.717, 1.165) is 21.9 Å². The van der Waals surface area contributed by atoms with Crippen LogP contribution in [-0.2, 0) is 0 Å². The number of hydrogen-bond donors (Lipinski definition) is 1. The van der Waals surface area contributed by atoms with Gasteiger partial charge >= 0.3 is 0 Å². The van der Waals surface area contributed by atoms with Gasteiger partial charge in [-0.2, -0.15) is 0 Å². The molecule has 0 bridgehead atoms. The smallest absolute Gasteiger partial charge is 0.0772 e. The van der Waals surface area contributed by atoms with Crippen LogP contribution in [0.5, 0.6) is 0 Å². The minimum Gasteiger partial charge on any atom is -0.389 e. The molecule has 3 rings (SSSR count). The molecule has 3 heteroatoms. The first-order chi connectivity index (χ1) is 8.65. The van der Waals surface area contributed by atoms with Crippen molar-refractivity contribution in [3.05, 3.63) is 28.2 Å². The number of aliphatic hydroxyl groups excluding tert-OH is 1. The fourth-order valence-electron chi connectivity index (χ4n) is 3.50. The molecule has 2 aliphatic rings. The molecular formula is C15H20BrNO. The van der Waals surface area contributed by atoms with Crippen LogP contribution in [0.1, 0.15) is 37.9 Å². The molecule has 0 spiro atoms. The van der Waals surface area contributed by atoms with Crippen molar-refractivity contribution >= 4 is 21.6 Å². The van der Waals surface area contributed by atoms with E-state index in [1.54, 1.807) is 6.92 Å². The lowest BCUT2D eigenvalue weighted by molar-refractivity contribution is 0.198. The summed E-state index contributed by atoms with van der Waals surface area (Å²) in [6.07, 6.45) is 3.84. The molecule has 1 aliphatic carbocycles. The molecule has 1 saturated carbocycles. The van der Waals surface area contributed by atoms with E-state index in [1.807, 2.05) is 6.07 Å². The Balaban J connectivity index is 1.79. The molecule has 1 aliphatic heterocycles. The number of halogens is 1. The number of benzene rings is 1. The van der Waals surface area contributed by atoms with Crippen LogP contribution in [-0.4, -0.2) is 18.2 Å². The third-order valence-electron chi connectivity index (χ3n) is 4.53. The second kappa shape index (κ2) is 4.86. The fraction of sp³-hybridized carbons (Fsp3) is 0.600. The predicted molar refractivity (Wildman–Crippen MR) is 77.8 cm³/mol. The molecule has 2 unspecified atom stereocenters. The average molecular weight is 310 g/mol. The van der Waals surface area contributed by atoms with Gasteiger partial charge in [0.2, 0.25) is 0 Å². The van der Waals surface area contributed by atoms with Crippen molar-refractivity contribution < 1.29 is 5.11 Å². The molecule has 1 aromatic carbocycles. The van der Waals surface area contributed by atoms with Crippen molar-refractivity contribution in [2.24, 2.45) is 11.8 Å². The molecule has 18 heavy (non-hydrogen) atoms. The van der Waals surface area contributed by atoms with E-state index in [9.17, 15) is 5.11 Å². The van der Waals surface area contributed by atoms with Crippen LogP contribution >= 0.6 is 15.9 Å². The number of anilines is 1. The Morgan fingerprint density at radius 1 is 1.28 bits per heavy atom. The summed E-state index contributed by atoms with van der Waals surface area (Å²) < 4.78 is 1.02. The molecule has 98 valence electrons. The summed E-state index contributed by atoms with van der Waals surface area (Å²) in [6.45, 7) is 4.23. The lowest BCUT2D eigenvalue weighted by Crippen LogP contribution is -2.20. The first kappa shape index (κ1) is 12.5. The average Bonchev–Trinajstić information content (AvgIpc) is 2.87. The van der Waals surface area contributed by atoms with Crippen LogP contribution in [0.3, 0.4) is 0 Å².